The molecule has 4 heteroatoms. The molecule has 2 aromatic rings. The smallest absolute Gasteiger partial charge is 0.147 e. The van der Waals surface area contributed by atoms with Gasteiger partial charge in [0.25, 0.3) is 0 Å². The Kier molecular flexibility index (Phi) is 4.43. The van der Waals surface area contributed by atoms with E-state index in [1.54, 1.807) is 0 Å². The second kappa shape index (κ2) is 6.66. The molecule has 0 amide bonds. The minimum atomic E-state index is 0.819. The average Bonchev–Trinajstić information content (AvgIpc) is 2.54. The minimum absolute atomic E-state index is 0.819. The van der Waals surface area contributed by atoms with Crippen molar-refractivity contribution >= 4 is 5.82 Å². The number of aromatic nitrogens is 3. The maximum Gasteiger partial charge on any atom is 0.147 e. The largest absolute Gasteiger partial charge is 0.355 e. The van der Waals surface area contributed by atoms with Gasteiger partial charge in [0.1, 0.15) is 5.82 Å². The summed E-state index contributed by atoms with van der Waals surface area (Å²) in [5, 5.41) is 0. The molecule has 0 aliphatic carbocycles. The predicted molar refractivity (Wildman–Crippen MR) is 84.3 cm³/mol. The zero-order valence-corrected chi connectivity index (χ0v) is 12.6. The molecule has 0 radical (unpaired) electrons. The van der Waals surface area contributed by atoms with Crippen molar-refractivity contribution in [2.45, 2.75) is 32.6 Å². The van der Waals surface area contributed by atoms with E-state index in [4.69, 9.17) is 0 Å². The van der Waals surface area contributed by atoms with Gasteiger partial charge in [-0.15, -0.1) is 0 Å². The van der Waals surface area contributed by atoms with Gasteiger partial charge in [-0.3, -0.25) is 9.97 Å². The summed E-state index contributed by atoms with van der Waals surface area (Å²) in [4.78, 5) is 15.4. The lowest BCUT2D eigenvalue weighted by molar-refractivity contribution is 0.380. The molecule has 0 N–H and O–H groups in total. The lowest BCUT2D eigenvalue weighted by Crippen LogP contribution is -2.34. The maximum absolute atomic E-state index is 4.57. The number of hydrogen-bond donors (Lipinski definition) is 0. The summed E-state index contributed by atoms with van der Waals surface area (Å²) in [6.45, 7) is 4.18. The normalized spacial score (nSPS) is 16.1. The summed E-state index contributed by atoms with van der Waals surface area (Å²) in [6.07, 6.45) is 12.4. The summed E-state index contributed by atoms with van der Waals surface area (Å²) >= 11 is 0. The molecule has 0 atom stereocenters. The molecular formula is C17H22N4. The molecule has 3 heterocycles. The Morgan fingerprint density at radius 3 is 2.71 bits per heavy atom. The number of piperidine rings is 1. The van der Waals surface area contributed by atoms with E-state index in [1.165, 1.54) is 24.8 Å². The summed E-state index contributed by atoms with van der Waals surface area (Å²) < 4.78 is 0. The summed E-state index contributed by atoms with van der Waals surface area (Å²) in [6, 6.07) is 4.19. The minimum Gasteiger partial charge on any atom is -0.355 e. The highest BCUT2D eigenvalue weighted by atomic mass is 15.2. The first-order chi connectivity index (χ1) is 10.3. The van der Waals surface area contributed by atoms with Crippen molar-refractivity contribution < 1.29 is 0 Å². The molecule has 0 saturated carbocycles. The Morgan fingerprint density at radius 1 is 1.14 bits per heavy atom. The molecule has 2 aromatic heterocycles. The van der Waals surface area contributed by atoms with Gasteiger partial charge in [-0.25, -0.2) is 4.98 Å². The average molecular weight is 282 g/mol. The molecule has 1 fully saturated rings. The number of hydrogen-bond acceptors (Lipinski definition) is 4. The van der Waals surface area contributed by atoms with Crippen LogP contribution < -0.4 is 4.90 Å². The van der Waals surface area contributed by atoms with Crippen molar-refractivity contribution in [2.75, 3.05) is 18.0 Å². The molecule has 0 aromatic carbocycles. The van der Waals surface area contributed by atoms with Gasteiger partial charge in [0.15, 0.2) is 0 Å². The van der Waals surface area contributed by atoms with E-state index in [0.29, 0.717) is 0 Å². The van der Waals surface area contributed by atoms with Gasteiger partial charge >= 0.3 is 0 Å². The summed E-state index contributed by atoms with van der Waals surface area (Å²) in [5.74, 6) is 1.85. The van der Waals surface area contributed by atoms with Gasteiger partial charge < -0.3 is 4.90 Å². The van der Waals surface area contributed by atoms with Crippen molar-refractivity contribution in [1.82, 2.24) is 15.0 Å². The fraction of sp³-hybridized carbons (Fsp3) is 0.471. The Bertz CT molecular complexity index is 562. The van der Waals surface area contributed by atoms with E-state index < -0.39 is 0 Å². The lowest BCUT2D eigenvalue weighted by atomic mass is 9.91. The highest BCUT2D eigenvalue weighted by molar-refractivity contribution is 5.36. The van der Waals surface area contributed by atoms with Crippen LogP contribution in [0.25, 0.3) is 0 Å². The van der Waals surface area contributed by atoms with Crippen molar-refractivity contribution in [1.29, 1.82) is 0 Å². The van der Waals surface area contributed by atoms with Crippen LogP contribution in [0.5, 0.6) is 0 Å². The van der Waals surface area contributed by atoms with E-state index in [-0.39, 0.29) is 0 Å². The quantitative estimate of drug-likeness (QED) is 0.864. The van der Waals surface area contributed by atoms with Gasteiger partial charge in [0.05, 0.1) is 11.9 Å². The molecule has 0 unspecified atom stereocenters. The molecule has 3 rings (SSSR count). The first-order valence-corrected chi connectivity index (χ1v) is 7.74. The van der Waals surface area contributed by atoms with Gasteiger partial charge in [-0.1, -0.05) is 6.07 Å². The van der Waals surface area contributed by atoms with E-state index >= 15 is 0 Å². The van der Waals surface area contributed by atoms with Crippen LogP contribution in [0.2, 0.25) is 0 Å². The molecule has 1 aliphatic rings. The number of aryl methyl sites for hydroxylation is 2. The predicted octanol–water partition coefficient (Wildman–Crippen LogP) is 3.03. The SMILES string of the molecule is Cc1cncc(N2CCC(CCc3cccnc3)CC2)n1. The third-order valence-electron chi connectivity index (χ3n) is 4.24. The van der Waals surface area contributed by atoms with Crippen LogP contribution in [0, 0.1) is 12.8 Å². The third kappa shape index (κ3) is 3.78. The van der Waals surface area contributed by atoms with Crippen LogP contribution >= 0.6 is 0 Å². The van der Waals surface area contributed by atoms with E-state index in [1.807, 2.05) is 37.8 Å². The molecule has 0 spiro atoms. The Labute approximate surface area is 126 Å². The lowest BCUT2D eigenvalue weighted by Gasteiger charge is -2.32. The van der Waals surface area contributed by atoms with E-state index in [2.05, 4.69) is 25.9 Å². The molecule has 110 valence electrons. The first-order valence-electron chi connectivity index (χ1n) is 7.74. The van der Waals surface area contributed by atoms with Crippen molar-refractivity contribution in [3.8, 4) is 0 Å². The zero-order valence-electron chi connectivity index (χ0n) is 12.6. The molecule has 0 bridgehead atoms. The number of anilines is 1. The molecule has 1 saturated heterocycles. The standard InChI is InChI=1S/C17H22N4/c1-14-11-19-13-17(20-14)21-9-6-15(7-10-21)4-5-16-3-2-8-18-12-16/h2-3,8,11-13,15H,4-7,9-10H2,1H3. The van der Waals surface area contributed by atoms with Gasteiger partial charge in [-0.05, 0) is 50.2 Å². The Morgan fingerprint density at radius 2 is 2.00 bits per heavy atom. The molecule has 4 nitrogen and oxygen atoms in total. The number of pyridine rings is 1. The van der Waals surface area contributed by atoms with Gasteiger partial charge in [0.2, 0.25) is 0 Å². The summed E-state index contributed by atoms with van der Waals surface area (Å²) in [7, 11) is 0. The van der Waals surface area contributed by atoms with Crippen LogP contribution in [0.15, 0.2) is 36.9 Å². The van der Waals surface area contributed by atoms with Crippen LogP contribution in [0.1, 0.15) is 30.5 Å². The number of nitrogens with zero attached hydrogens (tertiary/aromatic N) is 4. The van der Waals surface area contributed by atoms with Crippen molar-refractivity contribution in [3.05, 3.63) is 48.2 Å². The van der Waals surface area contributed by atoms with E-state index in [9.17, 15) is 0 Å². The van der Waals surface area contributed by atoms with Crippen LogP contribution in [0.4, 0.5) is 5.82 Å². The van der Waals surface area contributed by atoms with Crippen LogP contribution in [-0.2, 0) is 6.42 Å². The zero-order chi connectivity index (χ0) is 14.5. The maximum atomic E-state index is 4.57. The number of rotatable bonds is 4. The topological polar surface area (TPSA) is 41.9 Å². The third-order valence-corrected chi connectivity index (χ3v) is 4.24. The fourth-order valence-corrected chi connectivity index (χ4v) is 2.97. The van der Waals surface area contributed by atoms with Crippen molar-refractivity contribution in [3.63, 3.8) is 0 Å². The second-order valence-corrected chi connectivity index (χ2v) is 5.85. The van der Waals surface area contributed by atoms with Crippen LogP contribution in [-0.4, -0.2) is 28.0 Å². The van der Waals surface area contributed by atoms with Crippen LogP contribution in [0.3, 0.4) is 0 Å². The molecule has 1 aliphatic heterocycles. The molecular weight excluding hydrogens is 260 g/mol. The first kappa shape index (κ1) is 14.0. The highest BCUT2D eigenvalue weighted by Gasteiger charge is 2.20. The highest BCUT2D eigenvalue weighted by Crippen LogP contribution is 2.24. The molecule has 21 heavy (non-hydrogen) atoms. The second-order valence-electron chi connectivity index (χ2n) is 5.85. The van der Waals surface area contributed by atoms with Gasteiger partial charge in [0, 0.05) is 31.7 Å². The van der Waals surface area contributed by atoms with Gasteiger partial charge in [-0.2, -0.15) is 0 Å². The monoisotopic (exact) mass is 282 g/mol. The Hall–Kier alpha value is -1.97. The van der Waals surface area contributed by atoms with Crippen molar-refractivity contribution in [2.24, 2.45) is 5.92 Å². The fourth-order valence-electron chi connectivity index (χ4n) is 2.97. The summed E-state index contributed by atoms with van der Waals surface area (Å²) in [5.41, 5.74) is 2.34. The van der Waals surface area contributed by atoms with E-state index in [0.717, 1.165) is 36.9 Å². The Balaban J connectivity index is 1.49.